The summed E-state index contributed by atoms with van der Waals surface area (Å²) in [6.07, 6.45) is 0.936. The predicted molar refractivity (Wildman–Crippen MR) is 135 cm³/mol. The number of carbonyl (C=O) groups excluding carboxylic acids is 2. The molecule has 1 atom stereocenters. The Morgan fingerprint density at radius 3 is 2.26 bits per heavy atom. The van der Waals surface area contributed by atoms with Crippen LogP contribution in [0.4, 0.5) is 4.79 Å². The Morgan fingerprint density at radius 2 is 1.51 bits per heavy atom. The minimum absolute atomic E-state index is 0.0464. The van der Waals surface area contributed by atoms with Gasteiger partial charge in [-0.3, -0.25) is 4.79 Å². The molecule has 35 heavy (non-hydrogen) atoms. The van der Waals surface area contributed by atoms with E-state index in [1.807, 2.05) is 84.9 Å². The number of ether oxygens (including phenoxy) is 1. The van der Waals surface area contributed by atoms with Crippen molar-refractivity contribution in [3.8, 4) is 5.75 Å². The van der Waals surface area contributed by atoms with Crippen molar-refractivity contribution in [3.63, 3.8) is 0 Å². The zero-order valence-corrected chi connectivity index (χ0v) is 18.9. The number of phenolic OH excluding ortho intramolecular Hbond substituents is 1. The van der Waals surface area contributed by atoms with Crippen molar-refractivity contribution < 1.29 is 19.4 Å². The number of nitrogens with zero attached hydrogens (tertiary/aromatic N) is 1. The number of benzene rings is 4. The number of hydrogen-bond acceptors (Lipinski definition) is 5. The fourth-order valence-electron chi connectivity index (χ4n) is 3.62. The van der Waals surface area contributed by atoms with Crippen molar-refractivity contribution in [2.45, 2.75) is 19.1 Å². The maximum Gasteiger partial charge on any atom is 0.408 e. The molecule has 0 saturated carbocycles. The summed E-state index contributed by atoms with van der Waals surface area (Å²) in [5, 5.41) is 18.7. The molecule has 0 aromatic heterocycles. The van der Waals surface area contributed by atoms with Crippen molar-refractivity contribution in [3.05, 3.63) is 114 Å². The summed E-state index contributed by atoms with van der Waals surface area (Å²) in [6, 6.07) is 28.6. The first-order valence-corrected chi connectivity index (χ1v) is 11.1. The van der Waals surface area contributed by atoms with Gasteiger partial charge in [0.1, 0.15) is 18.4 Å². The second-order valence-corrected chi connectivity index (χ2v) is 7.90. The zero-order valence-electron chi connectivity index (χ0n) is 18.9. The van der Waals surface area contributed by atoms with Crippen LogP contribution in [-0.4, -0.2) is 29.4 Å². The molecule has 4 aromatic carbocycles. The fraction of sp³-hybridized carbons (Fsp3) is 0.107. The number of alkyl carbamates (subject to hydrolysis) is 1. The number of aromatic hydroxyl groups is 1. The third-order valence-corrected chi connectivity index (χ3v) is 5.42. The van der Waals surface area contributed by atoms with Crippen LogP contribution in [-0.2, 0) is 22.6 Å². The molecule has 0 spiro atoms. The van der Waals surface area contributed by atoms with Gasteiger partial charge in [0.15, 0.2) is 0 Å². The van der Waals surface area contributed by atoms with Gasteiger partial charge >= 0.3 is 6.09 Å². The molecule has 0 fully saturated rings. The number of hydrazone groups is 1. The van der Waals surface area contributed by atoms with Gasteiger partial charge in [0, 0.05) is 12.0 Å². The van der Waals surface area contributed by atoms with E-state index in [1.54, 1.807) is 12.1 Å². The van der Waals surface area contributed by atoms with Crippen LogP contribution in [0, 0.1) is 0 Å². The summed E-state index contributed by atoms with van der Waals surface area (Å²) in [4.78, 5) is 25.4. The molecule has 0 heterocycles. The van der Waals surface area contributed by atoms with Crippen molar-refractivity contribution in [2.75, 3.05) is 0 Å². The van der Waals surface area contributed by atoms with E-state index >= 15 is 0 Å². The second-order valence-electron chi connectivity index (χ2n) is 7.90. The molecule has 0 aliphatic heterocycles. The molecule has 4 rings (SSSR count). The SMILES string of the molecule is O=C(NC(Cc1ccccc1)C(=O)N/N=C/c1c(O)ccc2ccccc12)OCc1ccccc1. The second kappa shape index (κ2) is 11.5. The maximum absolute atomic E-state index is 12.9. The van der Waals surface area contributed by atoms with E-state index in [1.165, 1.54) is 6.21 Å². The predicted octanol–water partition coefficient (Wildman–Crippen LogP) is 4.53. The Kier molecular flexibility index (Phi) is 7.70. The largest absolute Gasteiger partial charge is 0.507 e. The lowest BCUT2D eigenvalue weighted by Gasteiger charge is -2.17. The number of carbonyl (C=O) groups is 2. The van der Waals surface area contributed by atoms with Gasteiger partial charge in [0.05, 0.1) is 6.21 Å². The summed E-state index contributed by atoms with van der Waals surface area (Å²) in [5.74, 6) is -0.466. The average molecular weight is 468 g/mol. The van der Waals surface area contributed by atoms with Crippen LogP contribution in [0.5, 0.6) is 5.75 Å². The number of rotatable bonds is 8. The highest BCUT2D eigenvalue weighted by Crippen LogP contribution is 2.25. The Balaban J connectivity index is 1.45. The first-order valence-electron chi connectivity index (χ1n) is 11.1. The summed E-state index contributed by atoms with van der Waals surface area (Å²) in [5.41, 5.74) is 4.66. The summed E-state index contributed by atoms with van der Waals surface area (Å²) in [7, 11) is 0. The molecule has 0 aliphatic rings. The Morgan fingerprint density at radius 1 is 0.857 bits per heavy atom. The fourth-order valence-corrected chi connectivity index (χ4v) is 3.62. The molecule has 2 amide bonds. The highest BCUT2D eigenvalue weighted by molar-refractivity contribution is 6.02. The third kappa shape index (κ3) is 6.45. The molecule has 0 saturated heterocycles. The normalized spacial score (nSPS) is 11.8. The smallest absolute Gasteiger partial charge is 0.408 e. The van der Waals surface area contributed by atoms with Gasteiger partial charge in [0.25, 0.3) is 5.91 Å². The summed E-state index contributed by atoms with van der Waals surface area (Å²) < 4.78 is 5.28. The first-order chi connectivity index (χ1) is 17.1. The zero-order chi connectivity index (χ0) is 24.5. The number of hydrogen-bond donors (Lipinski definition) is 3. The lowest BCUT2D eigenvalue weighted by molar-refractivity contribution is -0.123. The van der Waals surface area contributed by atoms with Crippen LogP contribution >= 0.6 is 0 Å². The van der Waals surface area contributed by atoms with Gasteiger partial charge in [-0.2, -0.15) is 5.10 Å². The van der Waals surface area contributed by atoms with Gasteiger partial charge < -0.3 is 15.2 Å². The van der Waals surface area contributed by atoms with Crippen LogP contribution in [0.3, 0.4) is 0 Å². The van der Waals surface area contributed by atoms with E-state index in [-0.39, 0.29) is 18.8 Å². The molecule has 7 nitrogen and oxygen atoms in total. The summed E-state index contributed by atoms with van der Waals surface area (Å²) >= 11 is 0. The van der Waals surface area contributed by atoms with Gasteiger partial charge in [-0.15, -0.1) is 0 Å². The summed E-state index contributed by atoms with van der Waals surface area (Å²) in [6.45, 7) is 0.0882. The molecule has 0 bridgehead atoms. The van der Waals surface area contributed by atoms with E-state index in [4.69, 9.17) is 4.74 Å². The van der Waals surface area contributed by atoms with Crippen LogP contribution in [0.2, 0.25) is 0 Å². The van der Waals surface area contributed by atoms with Crippen LogP contribution < -0.4 is 10.7 Å². The van der Waals surface area contributed by atoms with E-state index < -0.39 is 18.0 Å². The molecule has 7 heteroatoms. The van der Waals surface area contributed by atoms with Gasteiger partial charge in [-0.05, 0) is 28.0 Å². The molecule has 3 N–H and O–H groups in total. The highest BCUT2D eigenvalue weighted by atomic mass is 16.5. The van der Waals surface area contributed by atoms with Crippen molar-refractivity contribution in [1.29, 1.82) is 0 Å². The molecule has 0 radical (unpaired) electrons. The van der Waals surface area contributed by atoms with Crippen LogP contribution in [0.25, 0.3) is 10.8 Å². The van der Waals surface area contributed by atoms with Crippen LogP contribution in [0.15, 0.2) is 102 Å². The number of fused-ring (bicyclic) bond motifs is 1. The van der Waals surface area contributed by atoms with E-state index in [2.05, 4.69) is 15.8 Å². The van der Waals surface area contributed by atoms with Crippen molar-refractivity contribution in [2.24, 2.45) is 5.10 Å². The van der Waals surface area contributed by atoms with Crippen molar-refractivity contribution >= 4 is 29.0 Å². The maximum atomic E-state index is 12.9. The molecular weight excluding hydrogens is 442 g/mol. The quantitative estimate of drug-likeness (QED) is 0.262. The monoisotopic (exact) mass is 467 g/mol. The third-order valence-electron chi connectivity index (χ3n) is 5.42. The van der Waals surface area contributed by atoms with Crippen molar-refractivity contribution in [1.82, 2.24) is 10.7 Å². The minimum Gasteiger partial charge on any atom is -0.507 e. The lowest BCUT2D eigenvalue weighted by Crippen LogP contribution is -2.47. The number of phenols is 1. The van der Waals surface area contributed by atoms with E-state index in [9.17, 15) is 14.7 Å². The standard InChI is InChI=1S/C28H25N3O4/c32-26-16-15-22-13-7-8-14-23(22)24(26)18-29-31-27(33)25(17-20-9-3-1-4-10-20)30-28(34)35-19-21-11-5-2-6-12-21/h1-16,18,25,32H,17,19H2,(H,30,34)(H,31,33)/b29-18+. The first kappa shape index (κ1) is 23.5. The molecule has 1 unspecified atom stereocenters. The Bertz CT molecular complexity index is 1320. The molecular formula is C28H25N3O4. The van der Waals surface area contributed by atoms with E-state index in [0.717, 1.165) is 21.9 Å². The number of nitrogens with one attached hydrogen (secondary N) is 2. The minimum atomic E-state index is -0.918. The van der Waals surface area contributed by atoms with E-state index in [0.29, 0.717) is 5.56 Å². The molecule has 4 aromatic rings. The average Bonchev–Trinajstić information content (AvgIpc) is 2.89. The lowest BCUT2D eigenvalue weighted by atomic mass is 10.0. The topological polar surface area (TPSA) is 100 Å². The highest BCUT2D eigenvalue weighted by Gasteiger charge is 2.22. The van der Waals surface area contributed by atoms with Gasteiger partial charge in [0.2, 0.25) is 0 Å². The Hall–Kier alpha value is -4.65. The Labute approximate surface area is 203 Å². The van der Waals surface area contributed by atoms with Gasteiger partial charge in [-0.25, -0.2) is 10.2 Å². The molecule has 0 aliphatic carbocycles. The van der Waals surface area contributed by atoms with Gasteiger partial charge in [-0.1, -0.05) is 91.0 Å². The number of amides is 2. The molecule has 176 valence electrons. The van der Waals surface area contributed by atoms with Crippen LogP contribution in [0.1, 0.15) is 16.7 Å².